The fraction of sp³-hybridized carbons (Fsp3) is 0.118. The number of rotatable bonds is 4. The Balaban J connectivity index is 1.93. The molecule has 0 aliphatic heterocycles. The van der Waals surface area contributed by atoms with Gasteiger partial charge in [0.2, 0.25) is 5.91 Å². The van der Waals surface area contributed by atoms with Gasteiger partial charge in [0, 0.05) is 47.1 Å². The second-order valence-corrected chi connectivity index (χ2v) is 5.87. The highest BCUT2D eigenvalue weighted by Crippen LogP contribution is 2.24. The molecule has 0 unspecified atom stereocenters. The molecule has 0 aliphatic rings. The number of pyridine rings is 1. The number of hydrogen-bond acceptors (Lipinski definition) is 3. The van der Waals surface area contributed by atoms with Gasteiger partial charge in [-0.3, -0.25) is 9.78 Å². The van der Waals surface area contributed by atoms with E-state index in [4.69, 9.17) is 17.3 Å². The zero-order chi connectivity index (χ0) is 18.0. The number of amidine groups is 1. The van der Waals surface area contributed by atoms with Gasteiger partial charge in [-0.2, -0.15) is 5.10 Å². The van der Waals surface area contributed by atoms with E-state index < -0.39 is 5.82 Å². The molecule has 2 aromatic heterocycles. The summed E-state index contributed by atoms with van der Waals surface area (Å²) in [5.74, 6) is -0.903. The van der Waals surface area contributed by atoms with Crippen molar-refractivity contribution in [2.75, 3.05) is 0 Å². The maximum atomic E-state index is 14.6. The first-order chi connectivity index (χ1) is 12.0. The normalized spacial score (nSPS) is 11.7. The highest BCUT2D eigenvalue weighted by molar-refractivity contribution is 6.31. The smallest absolute Gasteiger partial charge is 0.237 e. The molecule has 0 radical (unpaired) electrons. The van der Waals surface area contributed by atoms with Gasteiger partial charge in [0.1, 0.15) is 5.82 Å². The van der Waals surface area contributed by atoms with Gasteiger partial charge in [0.05, 0.1) is 12.1 Å². The molecule has 0 atom stereocenters. The van der Waals surface area contributed by atoms with Crippen molar-refractivity contribution in [3.05, 3.63) is 64.8 Å². The summed E-state index contributed by atoms with van der Waals surface area (Å²) in [4.78, 5) is 14.9. The second-order valence-electron chi connectivity index (χ2n) is 5.46. The summed E-state index contributed by atoms with van der Waals surface area (Å²) in [6.07, 6.45) is 5.27. The number of nitrogens with one attached hydrogen (secondary N) is 1. The third-order valence-electron chi connectivity index (χ3n) is 3.67. The van der Waals surface area contributed by atoms with Crippen LogP contribution in [0.25, 0.3) is 10.9 Å². The molecule has 8 heteroatoms. The predicted molar refractivity (Wildman–Crippen MR) is 94.8 cm³/mol. The lowest BCUT2D eigenvalue weighted by atomic mass is 10.1. The van der Waals surface area contributed by atoms with E-state index in [0.29, 0.717) is 11.1 Å². The maximum Gasteiger partial charge on any atom is 0.237 e. The van der Waals surface area contributed by atoms with Crippen molar-refractivity contribution in [1.82, 2.24) is 15.0 Å². The monoisotopic (exact) mass is 359 g/mol. The van der Waals surface area contributed by atoms with Crippen LogP contribution in [0.5, 0.6) is 0 Å². The Morgan fingerprint density at radius 2 is 2.24 bits per heavy atom. The lowest BCUT2D eigenvalue weighted by molar-refractivity contribution is -0.118. The highest BCUT2D eigenvalue weighted by Gasteiger charge is 2.13. The van der Waals surface area contributed by atoms with Gasteiger partial charge in [-0.1, -0.05) is 11.6 Å². The fourth-order valence-corrected chi connectivity index (χ4v) is 2.72. The number of benzene rings is 1. The molecule has 0 spiro atoms. The number of hydrogen-bond donors (Lipinski definition) is 2. The van der Waals surface area contributed by atoms with Gasteiger partial charge in [0.15, 0.2) is 5.84 Å². The minimum atomic E-state index is -0.501. The number of halogens is 2. The number of carbonyl (C=O) groups is 1. The van der Waals surface area contributed by atoms with E-state index in [1.807, 2.05) is 22.9 Å². The van der Waals surface area contributed by atoms with Crippen LogP contribution in [0.3, 0.4) is 0 Å². The maximum absolute atomic E-state index is 14.6. The van der Waals surface area contributed by atoms with Gasteiger partial charge in [0.25, 0.3) is 0 Å². The van der Waals surface area contributed by atoms with Crippen molar-refractivity contribution in [3.8, 4) is 0 Å². The third-order valence-corrected chi connectivity index (χ3v) is 4.01. The number of amides is 1. The number of aromatic nitrogens is 2. The van der Waals surface area contributed by atoms with Crippen LogP contribution in [-0.4, -0.2) is 21.3 Å². The Morgan fingerprint density at radius 3 is 2.96 bits per heavy atom. The Bertz CT molecular complexity index is 959. The molecule has 0 fully saturated rings. The number of fused-ring (bicyclic) bond motifs is 1. The molecule has 3 rings (SSSR count). The zero-order valence-corrected chi connectivity index (χ0v) is 14.1. The molecule has 0 bridgehead atoms. The van der Waals surface area contributed by atoms with Crippen LogP contribution in [0.15, 0.2) is 48.0 Å². The summed E-state index contributed by atoms with van der Waals surface area (Å²) in [5, 5.41) is 4.87. The molecule has 1 amide bonds. The lowest BCUT2D eigenvalue weighted by Crippen LogP contribution is -2.22. The Labute approximate surface area is 148 Å². The number of nitrogens with zero attached hydrogens (tertiary/aromatic N) is 3. The van der Waals surface area contributed by atoms with E-state index in [1.165, 1.54) is 19.1 Å². The van der Waals surface area contributed by atoms with E-state index in [1.54, 1.807) is 12.4 Å². The van der Waals surface area contributed by atoms with Crippen molar-refractivity contribution in [2.45, 2.75) is 13.5 Å². The van der Waals surface area contributed by atoms with Gasteiger partial charge < -0.3 is 10.3 Å². The highest BCUT2D eigenvalue weighted by atomic mass is 35.5. The average molecular weight is 360 g/mol. The minimum absolute atomic E-state index is 0.0277. The van der Waals surface area contributed by atoms with Gasteiger partial charge in [-0.25, -0.2) is 9.82 Å². The quantitative estimate of drug-likeness (QED) is 0.426. The van der Waals surface area contributed by atoms with E-state index in [2.05, 4.69) is 15.5 Å². The summed E-state index contributed by atoms with van der Waals surface area (Å²) in [6, 6.07) is 6.52. The van der Waals surface area contributed by atoms with Crippen molar-refractivity contribution in [2.24, 2.45) is 10.8 Å². The van der Waals surface area contributed by atoms with E-state index >= 15 is 0 Å². The molecule has 0 saturated heterocycles. The summed E-state index contributed by atoms with van der Waals surface area (Å²) in [5.41, 5.74) is 9.51. The van der Waals surface area contributed by atoms with Crippen molar-refractivity contribution in [3.63, 3.8) is 0 Å². The molecule has 2 heterocycles. The summed E-state index contributed by atoms with van der Waals surface area (Å²) in [7, 11) is 0. The van der Waals surface area contributed by atoms with Crippen LogP contribution in [-0.2, 0) is 11.3 Å². The first-order valence-electron chi connectivity index (χ1n) is 7.42. The molecule has 3 N–H and O–H groups in total. The van der Waals surface area contributed by atoms with Crippen LogP contribution >= 0.6 is 11.6 Å². The summed E-state index contributed by atoms with van der Waals surface area (Å²) >= 11 is 6.25. The van der Waals surface area contributed by atoms with Crippen LogP contribution in [0.4, 0.5) is 4.39 Å². The Hall–Kier alpha value is -2.93. The molecule has 1 aromatic carbocycles. The SMILES string of the molecule is CC(=O)N/N=C(\N)c1cc(F)c(Cn2ccc3cnccc32)c(Cl)c1. The third kappa shape index (κ3) is 3.61. The van der Waals surface area contributed by atoms with Gasteiger partial charge in [-0.15, -0.1) is 0 Å². The molecule has 128 valence electrons. The summed E-state index contributed by atoms with van der Waals surface area (Å²) < 4.78 is 16.4. The van der Waals surface area contributed by atoms with Crippen LogP contribution in [0.2, 0.25) is 5.02 Å². The van der Waals surface area contributed by atoms with E-state index in [9.17, 15) is 9.18 Å². The van der Waals surface area contributed by atoms with Crippen molar-refractivity contribution < 1.29 is 9.18 Å². The molecule has 0 saturated carbocycles. The van der Waals surface area contributed by atoms with Gasteiger partial charge >= 0.3 is 0 Å². The lowest BCUT2D eigenvalue weighted by Gasteiger charge is -2.11. The topological polar surface area (TPSA) is 85.3 Å². The first kappa shape index (κ1) is 16.9. The van der Waals surface area contributed by atoms with Crippen molar-refractivity contribution in [1.29, 1.82) is 0 Å². The summed E-state index contributed by atoms with van der Waals surface area (Å²) in [6.45, 7) is 1.56. The van der Waals surface area contributed by atoms with Crippen LogP contribution in [0.1, 0.15) is 18.1 Å². The molecule has 3 aromatic rings. The minimum Gasteiger partial charge on any atom is -0.382 e. The molecule has 0 aliphatic carbocycles. The first-order valence-corrected chi connectivity index (χ1v) is 7.80. The zero-order valence-electron chi connectivity index (χ0n) is 13.3. The van der Waals surface area contributed by atoms with E-state index in [-0.39, 0.29) is 23.3 Å². The molecule has 6 nitrogen and oxygen atoms in total. The Morgan fingerprint density at radius 1 is 1.44 bits per heavy atom. The van der Waals surface area contributed by atoms with E-state index in [0.717, 1.165) is 10.9 Å². The largest absolute Gasteiger partial charge is 0.382 e. The fourth-order valence-electron chi connectivity index (χ4n) is 2.45. The average Bonchev–Trinajstić information content (AvgIpc) is 2.98. The van der Waals surface area contributed by atoms with Crippen molar-refractivity contribution >= 4 is 34.2 Å². The molecular formula is C17H15ClFN5O. The number of hydrazone groups is 1. The Kier molecular flexibility index (Phi) is 4.67. The second kappa shape index (κ2) is 6.90. The molecule has 25 heavy (non-hydrogen) atoms. The number of carbonyl (C=O) groups excluding carboxylic acids is 1. The predicted octanol–water partition coefficient (Wildman–Crippen LogP) is 2.63. The van der Waals surface area contributed by atoms with Gasteiger partial charge in [-0.05, 0) is 24.3 Å². The number of nitrogens with two attached hydrogens (primary N) is 1. The molecular weight excluding hydrogens is 345 g/mol. The standard InChI is InChI=1S/C17H15ClFN5O/c1-10(25)22-23-17(20)12-6-14(18)13(15(19)7-12)9-24-5-3-11-8-21-4-2-16(11)24/h2-8H,9H2,1H3,(H2,20,23)(H,22,25). The van der Waals surface area contributed by atoms with Crippen LogP contribution in [0, 0.1) is 5.82 Å². The van der Waals surface area contributed by atoms with Crippen LogP contribution < -0.4 is 11.2 Å².